The molecule has 1 heterocycles. The molecule has 0 saturated heterocycles. The van der Waals surface area contributed by atoms with Gasteiger partial charge in [-0.1, -0.05) is 48.0 Å². The van der Waals surface area contributed by atoms with Crippen LogP contribution in [0.1, 0.15) is 49.5 Å². The molecule has 0 aliphatic heterocycles. The van der Waals surface area contributed by atoms with E-state index >= 15 is 0 Å². The maximum absolute atomic E-state index is 12.6. The summed E-state index contributed by atoms with van der Waals surface area (Å²) < 4.78 is 5.85. The molecule has 0 atom stereocenters. The van der Waals surface area contributed by atoms with Crippen LogP contribution in [0.25, 0.3) is 21.6 Å². The second kappa shape index (κ2) is 9.02. The highest BCUT2D eigenvalue weighted by Crippen LogP contribution is 2.49. The first-order chi connectivity index (χ1) is 16.4. The number of benzene rings is 2. The number of anilines is 1. The number of halogens is 1. The van der Waals surface area contributed by atoms with Gasteiger partial charge in [0.15, 0.2) is 0 Å². The third-order valence-corrected chi connectivity index (χ3v) is 7.11. The molecule has 7 nitrogen and oxygen atoms in total. The van der Waals surface area contributed by atoms with E-state index in [4.69, 9.17) is 22.1 Å². The number of primary amides is 1. The molecule has 1 aliphatic carbocycles. The first-order valence-electron chi connectivity index (χ1n) is 11.0. The number of nitrogens with two attached hydrogens (primary N) is 1. The van der Waals surface area contributed by atoms with Gasteiger partial charge < -0.3 is 15.6 Å². The van der Waals surface area contributed by atoms with E-state index in [2.05, 4.69) is 5.32 Å². The average molecular weight is 513 g/mol. The van der Waals surface area contributed by atoms with Gasteiger partial charge in [-0.05, 0) is 62.4 Å². The number of rotatable bonds is 6. The molecule has 2 aromatic carbocycles. The molecule has 0 bridgehead atoms. The van der Waals surface area contributed by atoms with Crippen LogP contribution in [-0.2, 0) is 14.9 Å². The van der Waals surface area contributed by atoms with Gasteiger partial charge in [-0.25, -0.2) is 4.79 Å². The monoisotopic (exact) mass is 512 g/mol. The SMILES string of the molecule is CC(C)(C)OC(=O)Nc1cc(-c2sc(Cl)cc2C(N)=O)ccc1-c1ccc(C2(C(=O)O)CC2)cc1. The van der Waals surface area contributed by atoms with Crippen LogP contribution in [-0.4, -0.2) is 28.7 Å². The van der Waals surface area contributed by atoms with Crippen molar-refractivity contribution in [2.24, 2.45) is 5.73 Å². The predicted molar refractivity (Wildman–Crippen MR) is 137 cm³/mol. The van der Waals surface area contributed by atoms with Crippen LogP contribution >= 0.6 is 22.9 Å². The minimum absolute atomic E-state index is 0.295. The zero-order chi connectivity index (χ0) is 25.5. The number of carbonyl (C=O) groups is 3. The van der Waals surface area contributed by atoms with Gasteiger partial charge in [0.2, 0.25) is 5.91 Å². The second-order valence-electron chi connectivity index (χ2n) is 9.51. The Bertz CT molecular complexity index is 1320. The number of amides is 2. The minimum Gasteiger partial charge on any atom is -0.481 e. The molecule has 9 heteroatoms. The zero-order valence-corrected chi connectivity index (χ0v) is 21.0. The fraction of sp³-hybridized carbons (Fsp3) is 0.269. The fourth-order valence-electron chi connectivity index (χ4n) is 3.93. The van der Waals surface area contributed by atoms with Crippen LogP contribution in [0.2, 0.25) is 4.34 Å². The van der Waals surface area contributed by atoms with Crippen LogP contribution in [0.4, 0.5) is 10.5 Å². The fourth-order valence-corrected chi connectivity index (χ4v) is 5.16. The Morgan fingerprint density at radius 2 is 1.69 bits per heavy atom. The molecule has 4 N–H and O–H groups in total. The van der Waals surface area contributed by atoms with E-state index in [1.165, 1.54) is 17.4 Å². The van der Waals surface area contributed by atoms with Crippen molar-refractivity contribution >= 4 is 46.6 Å². The summed E-state index contributed by atoms with van der Waals surface area (Å²) in [6.45, 7) is 5.31. The summed E-state index contributed by atoms with van der Waals surface area (Å²) in [6.07, 6.45) is 0.607. The molecule has 4 rings (SSSR count). The van der Waals surface area contributed by atoms with Gasteiger partial charge in [0.05, 0.1) is 21.0 Å². The summed E-state index contributed by atoms with van der Waals surface area (Å²) in [6, 6.07) is 14.2. The quantitative estimate of drug-likeness (QED) is 0.358. The molecule has 1 fully saturated rings. The topological polar surface area (TPSA) is 119 Å². The van der Waals surface area contributed by atoms with E-state index in [1.54, 1.807) is 26.8 Å². The number of thiophene rings is 1. The molecule has 2 amide bonds. The number of carbonyl (C=O) groups excluding carboxylic acids is 2. The van der Waals surface area contributed by atoms with E-state index in [0.717, 1.165) is 11.1 Å². The first-order valence-corrected chi connectivity index (χ1v) is 12.2. The Labute approximate surface area is 211 Å². The van der Waals surface area contributed by atoms with Gasteiger partial charge in [-0.15, -0.1) is 11.3 Å². The summed E-state index contributed by atoms with van der Waals surface area (Å²) in [5.41, 5.74) is 7.69. The van der Waals surface area contributed by atoms with Gasteiger partial charge in [0.1, 0.15) is 5.60 Å². The van der Waals surface area contributed by atoms with E-state index in [0.29, 0.717) is 44.4 Å². The lowest BCUT2D eigenvalue weighted by atomic mass is 9.93. The minimum atomic E-state index is -0.818. The Balaban J connectivity index is 1.76. The van der Waals surface area contributed by atoms with Crippen molar-refractivity contribution in [2.45, 2.75) is 44.6 Å². The highest BCUT2D eigenvalue weighted by atomic mass is 35.5. The van der Waals surface area contributed by atoms with Crippen LogP contribution < -0.4 is 11.1 Å². The third kappa shape index (κ3) is 5.18. The van der Waals surface area contributed by atoms with Gasteiger partial charge in [-0.3, -0.25) is 14.9 Å². The summed E-state index contributed by atoms with van der Waals surface area (Å²) in [5.74, 6) is -1.42. The molecule has 0 radical (unpaired) electrons. The standard InChI is InChI=1S/C26H25ClN2O5S/c1-25(2,3)34-24(33)29-19-12-15(21-18(22(28)30)13-20(27)35-21)6-9-17(19)14-4-7-16(8-5-14)26(10-11-26)23(31)32/h4-9,12-13H,10-11H2,1-3H3,(H2,28,30)(H,29,33)(H,31,32). The number of ether oxygens (including phenoxy) is 1. The predicted octanol–water partition coefficient (Wildman–Crippen LogP) is 6.30. The Morgan fingerprint density at radius 3 is 2.23 bits per heavy atom. The lowest BCUT2D eigenvalue weighted by Crippen LogP contribution is -2.27. The van der Waals surface area contributed by atoms with E-state index in [1.807, 2.05) is 36.4 Å². The molecule has 1 aromatic heterocycles. The van der Waals surface area contributed by atoms with Crippen molar-refractivity contribution < 1.29 is 24.2 Å². The van der Waals surface area contributed by atoms with Crippen LogP contribution in [0.5, 0.6) is 0 Å². The number of nitrogens with one attached hydrogen (secondary N) is 1. The number of hydrogen-bond donors (Lipinski definition) is 3. The lowest BCUT2D eigenvalue weighted by Gasteiger charge is -2.21. The smallest absolute Gasteiger partial charge is 0.412 e. The summed E-state index contributed by atoms with van der Waals surface area (Å²) in [7, 11) is 0. The molecule has 0 spiro atoms. The molecule has 182 valence electrons. The molecular formula is C26H25ClN2O5S. The van der Waals surface area contributed by atoms with E-state index in [9.17, 15) is 19.5 Å². The van der Waals surface area contributed by atoms with E-state index in [-0.39, 0.29) is 0 Å². The third-order valence-electron chi connectivity index (χ3n) is 5.79. The maximum Gasteiger partial charge on any atom is 0.412 e. The van der Waals surface area contributed by atoms with Gasteiger partial charge >= 0.3 is 12.1 Å². The Kier molecular flexibility index (Phi) is 6.38. The number of carboxylic acid groups (broad SMARTS) is 1. The van der Waals surface area contributed by atoms with Crippen LogP contribution in [0.15, 0.2) is 48.5 Å². The highest BCUT2D eigenvalue weighted by molar-refractivity contribution is 7.19. The van der Waals surface area contributed by atoms with Gasteiger partial charge in [-0.2, -0.15) is 0 Å². The molecule has 0 unspecified atom stereocenters. The molecular weight excluding hydrogens is 488 g/mol. The molecule has 3 aromatic rings. The van der Waals surface area contributed by atoms with Gasteiger partial charge in [0, 0.05) is 10.4 Å². The van der Waals surface area contributed by atoms with Crippen molar-refractivity contribution in [3.8, 4) is 21.6 Å². The number of aliphatic carboxylic acids is 1. The highest BCUT2D eigenvalue weighted by Gasteiger charge is 2.51. The summed E-state index contributed by atoms with van der Waals surface area (Å²) in [4.78, 5) is 36.8. The summed E-state index contributed by atoms with van der Waals surface area (Å²) >= 11 is 7.36. The largest absolute Gasteiger partial charge is 0.481 e. The molecule has 35 heavy (non-hydrogen) atoms. The number of carboxylic acids is 1. The summed E-state index contributed by atoms with van der Waals surface area (Å²) in [5, 5.41) is 12.4. The van der Waals surface area contributed by atoms with Gasteiger partial charge in [0.25, 0.3) is 0 Å². The Hall–Kier alpha value is -3.36. The first kappa shape index (κ1) is 24.8. The van der Waals surface area contributed by atoms with Crippen LogP contribution in [0, 0.1) is 0 Å². The Morgan fingerprint density at radius 1 is 1.06 bits per heavy atom. The second-order valence-corrected chi connectivity index (χ2v) is 11.2. The van der Waals surface area contributed by atoms with Crippen molar-refractivity contribution in [1.82, 2.24) is 0 Å². The van der Waals surface area contributed by atoms with E-state index < -0.39 is 29.0 Å². The number of hydrogen-bond acceptors (Lipinski definition) is 5. The van der Waals surface area contributed by atoms with Crippen molar-refractivity contribution in [3.05, 3.63) is 64.0 Å². The maximum atomic E-state index is 12.6. The average Bonchev–Trinajstić information content (AvgIpc) is 3.48. The van der Waals surface area contributed by atoms with Crippen molar-refractivity contribution in [2.75, 3.05) is 5.32 Å². The molecule has 1 aliphatic rings. The van der Waals surface area contributed by atoms with Crippen molar-refractivity contribution in [1.29, 1.82) is 0 Å². The lowest BCUT2D eigenvalue weighted by molar-refractivity contribution is -0.140. The van der Waals surface area contributed by atoms with Crippen molar-refractivity contribution in [3.63, 3.8) is 0 Å². The van der Waals surface area contributed by atoms with Crippen LogP contribution in [0.3, 0.4) is 0 Å². The molecule has 1 saturated carbocycles. The normalized spacial score (nSPS) is 14.3. The zero-order valence-electron chi connectivity index (χ0n) is 19.5.